The van der Waals surface area contributed by atoms with Crippen molar-refractivity contribution in [1.29, 1.82) is 0 Å². The summed E-state index contributed by atoms with van der Waals surface area (Å²) in [5, 5.41) is 3.53. The van der Waals surface area contributed by atoms with E-state index >= 15 is 0 Å². The molecule has 20 heavy (non-hydrogen) atoms. The molecule has 0 amide bonds. The van der Waals surface area contributed by atoms with Crippen LogP contribution in [0.15, 0.2) is 22.7 Å². The quantitative estimate of drug-likeness (QED) is 0.866. The predicted octanol–water partition coefficient (Wildman–Crippen LogP) is 4.11. The fourth-order valence-electron chi connectivity index (χ4n) is 3.00. The number of hydrogen-bond donors (Lipinski definition) is 1. The van der Waals surface area contributed by atoms with Gasteiger partial charge < -0.3 is 5.32 Å². The van der Waals surface area contributed by atoms with Crippen LogP contribution in [-0.2, 0) is 0 Å². The van der Waals surface area contributed by atoms with Crippen molar-refractivity contribution in [2.45, 2.75) is 51.7 Å². The van der Waals surface area contributed by atoms with Crippen LogP contribution in [0.4, 0.5) is 4.39 Å². The predicted molar refractivity (Wildman–Crippen MR) is 85.4 cm³/mol. The molecule has 1 saturated heterocycles. The summed E-state index contributed by atoms with van der Waals surface area (Å²) in [6.45, 7) is 8.55. The van der Waals surface area contributed by atoms with Gasteiger partial charge in [0.25, 0.3) is 0 Å². The van der Waals surface area contributed by atoms with Crippen LogP contribution in [-0.4, -0.2) is 30.1 Å². The molecule has 1 aromatic rings. The average Bonchev–Trinajstić information content (AvgIpc) is 2.90. The Morgan fingerprint density at radius 1 is 1.40 bits per heavy atom. The van der Waals surface area contributed by atoms with Gasteiger partial charge in [0.15, 0.2) is 0 Å². The van der Waals surface area contributed by atoms with Gasteiger partial charge >= 0.3 is 0 Å². The minimum atomic E-state index is -0.120. The van der Waals surface area contributed by atoms with Crippen molar-refractivity contribution in [3.8, 4) is 0 Å². The molecule has 1 heterocycles. The van der Waals surface area contributed by atoms with Gasteiger partial charge in [-0.3, -0.25) is 4.90 Å². The minimum Gasteiger partial charge on any atom is -0.313 e. The first kappa shape index (κ1) is 15.9. The molecule has 1 N–H and O–H groups in total. The summed E-state index contributed by atoms with van der Waals surface area (Å²) < 4.78 is 15.0. The molecule has 2 rings (SSSR count). The molecule has 1 fully saturated rings. The van der Waals surface area contributed by atoms with Crippen LogP contribution in [0, 0.1) is 5.82 Å². The summed E-state index contributed by atoms with van der Waals surface area (Å²) >= 11 is 3.44. The zero-order valence-electron chi connectivity index (χ0n) is 12.5. The lowest BCUT2D eigenvalue weighted by molar-refractivity contribution is 0.147. The Morgan fingerprint density at radius 3 is 2.75 bits per heavy atom. The molecule has 0 radical (unpaired) electrons. The summed E-state index contributed by atoms with van der Waals surface area (Å²) in [6.07, 6.45) is 2.47. The molecular formula is C16H24BrFN2. The fraction of sp³-hybridized carbons (Fsp3) is 0.625. The number of nitrogens with zero attached hydrogens (tertiary/aromatic N) is 1. The molecule has 4 heteroatoms. The molecule has 2 unspecified atom stereocenters. The first-order chi connectivity index (χ1) is 9.49. The van der Waals surface area contributed by atoms with Gasteiger partial charge in [0, 0.05) is 34.7 Å². The summed E-state index contributed by atoms with van der Waals surface area (Å²) in [4.78, 5) is 2.38. The van der Waals surface area contributed by atoms with E-state index in [2.05, 4.69) is 46.9 Å². The van der Waals surface area contributed by atoms with Gasteiger partial charge in [0.05, 0.1) is 0 Å². The molecule has 0 bridgehead atoms. The maximum Gasteiger partial charge on any atom is 0.128 e. The summed E-state index contributed by atoms with van der Waals surface area (Å²) in [5.41, 5.74) is 0.770. The zero-order chi connectivity index (χ0) is 14.7. The lowest BCUT2D eigenvalue weighted by atomic mass is 10.0. The van der Waals surface area contributed by atoms with E-state index in [1.54, 1.807) is 12.1 Å². The van der Waals surface area contributed by atoms with Crippen molar-refractivity contribution < 1.29 is 4.39 Å². The van der Waals surface area contributed by atoms with E-state index in [0.29, 0.717) is 12.1 Å². The second kappa shape index (κ2) is 7.01. The number of benzene rings is 1. The lowest BCUT2D eigenvalue weighted by Gasteiger charge is -2.35. The van der Waals surface area contributed by atoms with Crippen molar-refractivity contribution in [2.24, 2.45) is 0 Å². The van der Waals surface area contributed by atoms with Gasteiger partial charge in [0.1, 0.15) is 5.82 Å². The first-order valence-corrected chi connectivity index (χ1v) is 8.22. The second-order valence-corrected chi connectivity index (χ2v) is 6.84. The molecule has 0 aromatic heterocycles. The van der Waals surface area contributed by atoms with Crippen LogP contribution >= 0.6 is 15.9 Å². The monoisotopic (exact) mass is 342 g/mol. The number of rotatable bonds is 5. The normalized spacial score (nSPS) is 20.9. The lowest BCUT2D eigenvalue weighted by Crippen LogP contribution is -2.42. The van der Waals surface area contributed by atoms with Crippen molar-refractivity contribution in [2.75, 3.05) is 13.1 Å². The zero-order valence-corrected chi connectivity index (χ0v) is 14.1. The van der Waals surface area contributed by atoms with Gasteiger partial charge in [-0.05, 0) is 58.4 Å². The molecule has 2 nitrogen and oxygen atoms in total. The van der Waals surface area contributed by atoms with Crippen molar-refractivity contribution in [3.05, 3.63) is 34.1 Å². The summed E-state index contributed by atoms with van der Waals surface area (Å²) in [7, 11) is 0. The Balaban J connectivity index is 2.17. The molecule has 1 aromatic carbocycles. The maximum absolute atomic E-state index is 14.1. The van der Waals surface area contributed by atoms with Crippen LogP contribution in [0.3, 0.4) is 0 Å². The van der Waals surface area contributed by atoms with E-state index in [-0.39, 0.29) is 11.9 Å². The highest BCUT2D eigenvalue weighted by atomic mass is 79.9. The second-order valence-electron chi connectivity index (χ2n) is 5.93. The van der Waals surface area contributed by atoms with E-state index in [0.717, 1.165) is 23.1 Å². The van der Waals surface area contributed by atoms with Gasteiger partial charge in [0.2, 0.25) is 0 Å². The Hall–Kier alpha value is -0.450. The molecule has 112 valence electrons. The van der Waals surface area contributed by atoms with E-state index in [1.807, 2.05) is 6.07 Å². The standard InChI is InChI=1S/C16H24BrFN2/c1-11(2)20(10-14-5-4-8-19-14)12(3)15-9-13(17)6-7-16(15)18/h6-7,9,11-12,14,19H,4-5,8,10H2,1-3H3. The van der Waals surface area contributed by atoms with Crippen molar-refractivity contribution >= 4 is 15.9 Å². The Labute approximate surface area is 129 Å². The molecular weight excluding hydrogens is 319 g/mol. The maximum atomic E-state index is 14.1. The number of hydrogen-bond acceptors (Lipinski definition) is 2. The van der Waals surface area contributed by atoms with Crippen LogP contribution in [0.25, 0.3) is 0 Å². The van der Waals surface area contributed by atoms with Gasteiger partial charge in [-0.1, -0.05) is 15.9 Å². The Kier molecular flexibility index (Phi) is 5.58. The van der Waals surface area contributed by atoms with E-state index < -0.39 is 0 Å². The van der Waals surface area contributed by atoms with Gasteiger partial charge in [-0.25, -0.2) is 4.39 Å². The minimum absolute atomic E-state index is 0.0786. The Bertz CT molecular complexity index is 444. The van der Waals surface area contributed by atoms with E-state index in [1.165, 1.54) is 12.8 Å². The van der Waals surface area contributed by atoms with Crippen LogP contribution in [0.2, 0.25) is 0 Å². The van der Waals surface area contributed by atoms with E-state index in [9.17, 15) is 4.39 Å². The number of nitrogens with one attached hydrogen (secondary N) is 1. The first-order valence-electron chi connectivity index (χ1n) is 7.43. The van der Waals surface area contributed by atoms with Crippen LogP contribution < -0.4 is 5.32 Å². The third-order valence-electron chi connectivity index (χ3n) is 4.16. The Morgan fingerprint density at radius 2 is 2.15 bits per heavy atom. The van der Waals surface area contributed by atoms with Crippen molar-refractivity contribution in [1.82, 2.24) is 10.2 Å². The molecule has 2 atom stereocenters. The fourth-order valence-corrected chi connectivity index (χ4v) is 3.38. The molecule has 0 spiro atoms. The molecule has 0 aliphatic carbocycles. The SMILES string of the molecule is CC(C)N(CC1CCCN1)C(C)c1cc(Br)ccc1F. The third-order valence-corrected chi connectivity index (χ3v) is 4.66. The smallest absolute Gasteiger partial charge is 0.128 e. The van der Waals surface area contributed by atoms with Gasteiger partial charge in [-0.15, -0.1) is 0 Å². The van der Waals surface area contributed by atoms with Crippen LogP contribution in [0.1, 0.15) is 45.2 Å². The highest BCUT2D eigenvalue weighted by Crippen LogP contribution is 2.28. The summed E-state index contributed by atoms with van der Waals surface area (Å²) in [6, 6.07) is 6.21. The largest absolute Gasteiger partial charge is 0.313 e. The highest BCUT2D eigenvalue weighted by Gasteiger charge is 2.25. The molecule has 1 aliphatic rings. The third kappa shape index (κ3) is 3.80. The highest BCUT2D eigenvalue weighted by molar-refractivity contribution is 9.10. The molecule has 0 saturated carbocycles. The van der Waals surface area contributed by atoms with Crippen molar-refractivity contribution in [3.63, 3.8) is 0 Å². The van der Waals surface area contributed by atoms with Crippen LogP contribution in [0.5, 0.6) is 0 Å². The topological polar surface area (TPSA) is 15.3 Å². The summed E-state index contributed by atoms with van der Waals surface area (Å²) in [5.74, 6) is -0.120. The molecule has 1 aliphatic heterocycles. The number of halogens is 2. The van der Waals surface area contributed by atoms with Gasteiger partial charge in [-0.2, -0.15) is 0 Å². The van der Waals surface area contributed by atoms with E-state index in [4.69, 9.17) is 0 Å². The average molecular weight is 343 g/mol.